The third-order valence-electron chi connectivity index (χ3n) is 6.51. The fourth-order valence-electron chi connectivity index (χ4n) is 4.52. The quantitative estimate of drug-likeness (QED) is 0.109. The number of anilines is 1. The average Bonchev–Trinajstić information content (AvgIpc) is 3.38. The molecule has 0 saturated carbocycles. The molecule has 3 aromatic rings. The molecule has 44 heavy (non-hydrogen) atoms. The number of hydrogen-bond donors (Lipinski definition) is 1. The molecule has 4 rings (SSSR count). The predicted octanol–water partition coefficient (Wildman–Crippen LogP) is 6.51. The van der Waals surface area contributed by atoms with Crippen LogP contribution in [0.4, 0.5) is 37.8 Å². The van der Waals surface area contributed by atoms with E-state index in [1.807, 2.05) is 0 Å². The van der Waals surface area contributed by atoms with E-state index in [-0.39, 0.29) is 12.5 Å². The van der Waals surface area contributed by atoms with Crippen LogP contribution in [0.2, 0.25) is 0 Å². The van der Waals surface area contributed by atoms with Gasteiger partial charge in [-0.25, -0.2) is 4.98 Å². The number of nitro groups is 1. The van der Waals surface area contributed by atoms with E-state index in [0.29, 0.717) is 5.56 Å². The molecule has 236 valence electrons. The van der Waals surface area contributed by atoms with Gasteiger partial charge in [0.15, 0.2) is 0 Å². The van der Waals surface area contributed by atoms with Crippen LogP contribution in [0.1, 0.15) is 50.6 Å². The Morgan fingerprint density at radius 3 is 2.43 bits per heavy atom. The van der Waals surface area contributed by atoms with Gasteiger partial charge in [-0.1, -0.05) is 36.4 Å². The number of carbonyl (C=O) groups excluding carboxylic acids is 1. The Balaban J connectivity index is 1.99. The molecule has 0 fully saturated rings. The van der Waals surface area contributed by atoms with Crippen LogP contribution >= 0.6 is 0 Å². The predicted molar refractivity (Wildman–Crippen MR) is 140 cm³/mol. The van der Waals surface area contributed by atoms with Gasteiger partial charge in [-0.2, -0.15) is 26.3 Å². The lowest BCUT2D eigenvalue weighted by molar-refractivity contribution is -0.384. The Morgan fingerprint density at radius 2 is 1.84 bits per heavy atom. The molecule has 0 radical (unpaired) electrons. The number of esters is 1. The topological polar surface area (TPSA) is 143 Å². The number of carbonyl (C=O) groups is 1. The number of alkyl halides is 6. The minimum Gasteiger partial charge on any atom is -0.458 e. The number of benzene rings is 1. The van der Waals surface area contributed by atoms with E-state index >= 15 is 0 Å². The van der Waals surface area contributed by atoms with Gasteiger partial charge in [-0.3, -0.25) is 14.9 Å². The summed E-state index contributed by atoms with van der Waals surface area (Å²) in [7, 11) is 0. The largest absolute Gasteiger partial charge is 0.458 e. The first-order chi connectivity index (χ1) is 20.4. The molecule has 1 unspecified atom stereocenters. The summed E-state index contributed by atoms with van der Waals surface area (Å²) in [6.07, 6.45) is -10.7. The highest BCUT2D eigenvalue weighted by Gasteiger charge is 2.61. The van der Waals surface area contributed by atoms with Gasteiger partial charge < -0.3 is 19.2 Å². The number of pyridine rings is 1. The van der Waals surface area contributed by atoms with Gasteiger partial charge in [0.2, 0.25) is 11.3 Å². The molecule has 1 aromatic carbocycles. The third kappa shape index (κ3) is 6.98. The summed E-state index contributed by atoms with van der Waals surface area (Å²) in [6, 6.07) is 7.97. The first kappa shape index (κ1) is 32.4. The van der Waals surface area contributed by atoms with Crippen LogP contribution in [0.25, 0.3) is 11.6 Å². The Kier molecular flexibility index (Phi) is 8.73. The van der Waals surface area contributed by atoms with Crippen molar-refractivity contribution in [3.63, 3.8) is 0 Å². The molecule has 0 saturated heterocycles. The van der Waals surface area contributed by atoms with Gasteiger partial charge in [-0.05, 0) is 25.5 Å². The van der Waals surface area contributed by atoms with Gasteiger partial charge in [0.25, 0.3) is 11.8 Å². The number of nitrogens with zero attached hydrogens (tertiary/aromatic N) is 4. The highest BCUT2D eigenvalue weighted by molar-refractivity contribution is 5.68. The summed E-state index contributed by atoms with van der Waals surface area (Å²) >= 11 is 0. The molecule has 0 amide bonds. The van der Waals surface area contributed by atoms with Crippen molar-refractivity contribution in [2.75, 3.05) is 5.32 Å². The minimum absolute atomic E-state index is 0.169. The summed E-state index contributed by atoms with van der Waals surface area (Å²) in [5.41, 5.74) is -8.07. The van der Waals surface area contributed by atoms with E-state index in [1.54, 1.807) is 18.2 Å². The number of halogens is 6. The van der Waals surface area contributed by atoms with E-state index in [4.69, 9.17) is 13.9 Å². The molecule has 2 atom stereocenters. The van der Waals surface area contributed by atoms with Crippen molar-refractivity contribution < 1.29 is 50.0 Å². The van der Waals surface area contributed by atoms with Crippen molar-refractivity contribution in [1.29, 1.82) is 0 Å². The van der Waals surface area contributed by atoms with Crippen molar-refractivity contribution >= 4 is 17.5 Å². The molecule has 17 heteroatoms. The Labute approximate surface area is 245 Å². The second kappa shape index (κ2) is 11.9. The van der Waals surface area contributed by atoms with E-state index in [2.05, 4.69) is 20.5 Å². The number of rotatable bonds is 5. The van der Waals surface area contributed by atoms with E-state index in [1.165, 1.54) is 26.0 Å². The lowest BCUT2D eigenvalue weighted by atomic mass is 9.93. The second-order valence-electron chi connectivity index (χ2n) is 10.5. The Hall–Kier alpha value is -4.54. The lowest BCUT2D eigenvalue weighted by Crippen LogP contribution is -2.45. The molecular weight excluding hydrogens is 604 g/mol. The van der Waals surface area contributed by atoms with Gasteiger partial charge in [0, 0.05) is 31.4 Å². The highest BCUT2D eigenvalue weighted by atomic mass is 19.4. The number of aromatic nitrogens is 3. The zero-order chi connectivity index (χ0) is 32.5. The molecule has 0 spiro atoms. The van der Waals surface area contributed by atoms with Crippen LogP contribution in [0, 0.1) is 10.1 Å². The van der Waals surface area contributed by atoms with Crippen molar-refractivity contribution in [2.24, 2.45) is 0 Å². The maximum absolute atomic E-state index is 15.0. The zero-order valence-electron chi connectivity index (χ0n) is 23.3. The molecule has 2 aromatic heterocycles. The van der Waals surface area contributed by atoms with Crippen LogP contribution in [0.5, 0.6) is 0 Å². The number of nitrogens with one attached hydrogen (secondary N) is 1. The molecule has 1 aliphatic rings. The molecule has 11 nitrogen and oxygen atoms in total. The molecule has 0 aliphatic carbocycles. The molecule has 1 aliphatic heterocycles. The van der Waals surface area contributed by atoms with Crippen LogP contribution in [0.15, 0.2) is 53.0 Å². The van der Waals surface area contributed by atoms with Gasteiger partial charge in [-0.15, -0.1) is 10.2 Å². The fourth-order valence-corrected chi connectivity index (χ4v) is 4.52. The Morgan fingerprint density at radius 1 is 1.16 bits per heavy atom. The van der Waals surface area contributed by atoms with Crippen LogP contribution in [-0.4, -0.2) is 43.9 Å². The molecule has 1 N–H and O–H groups in total. The molecule has 4 bridgehead atoms. The number of fused-ring (bicyclic) bond motifs is 5. The maximum atomic E-state index is 15.0. The SMILES string of the molecule is CC(=O)OC1C=CC[C@](OCc2ccccc2)(C(F)(F)F)c2nnc(o2)-c2nc(c(C(F)(F)F)cc2[N+](=O)[O-])NC(C)(C)C1. The normalized spacial score (nSPS) is 20.3. The standard InChI is InChI=1S/C27H25F6N5O6/c1-15(39)43-17-10-7-11-25(27(31,32)33,42-14-16-8-5-4-6-9-16)23-37-36-22(44-23)20-19(38(40)41)12-18(26(28,29)30)21(34-20)35-24(2,3)13-17/h4-10,12,17H,11,13-14H2,1-3H3,(H,34,35)/t17?,25-/m1/s1. The van der Waals surface area contributed by atoms with Crippen LogP contribution < -0.4 is 5.32 Å². The monoisotopic (exact) mass is 629 g/mol. The molecule has 3 heterocycles. The Bertz CT molecular complexity index is 1560. The smallest absolute Gasteiger partial charge is 0.426 e. The summed E-state index contributed by atoms with van der Waals surface area (Å²) in [6.45, 7) is 3.29. The summed E-state index contributed by atoms with van der Waals surface area (Å²) in [5.74, 6) is -3.86. The second-order valence-corrected chi connectivity index (χ2v) is 10.5. The van der Waals surface area contributed by atoms with Gasteiger partial charge >= 0.3 is 24.0 Å². The lowest BCUT2D eigenvalue weighted by Gasteiger charge is -2.33. The van der Waals surface area contributed by atoms with E-state index < -0.39 is 88.1 Å². The first-order valence-corrected chi connectivity index (χ1v) is 12.9. The number of ether oxygens (including phenoxy) is 2. The van der Waals surface area contributed by atoms with Gasteiger partial charge in [0.1, 0.15) is 17.5 Å². The van der Waals surface area contributed by atoms with Crippen molar-refractivity contribution in [3.05, 3.63) is 75.7 Å². The summed E-state index contributed by atoms with van der Waals surface area (Å²) < 4.78 is 103. The fraction of sp³-hybridized carbons (Fsp3) is 0.407. The third-order valence-corrected chi connectivity index (χ3v) is 6.51. The van der Waals surface area contributed by atoms with Crippen molar-refractivity contribution in [1.82, 2.24) is 15.2 Å². The summed E-state index contributed by atoms with van der Waals surface area (Å²) in [5, 5.41) is 21.4. The van der Waals surface area contributed by atoms with Gasteiger partial charge in [0.05, 0.1) is 11.5 Å². The molecular formula is C27H25F6N5O6. The van der Waals surface area contributed by atoms with Crippen molar-refractivity contribution in [3.8, 4) is 11.6 Å². The first-order valence-electron chi connectivity index (χ1n) is 12.9. The van der Waals surface area contributed by atoms with E-state index in [0.717, 1.165) is 19.1 Å². The number of hydrogen-bond acceptors (Lipinski definition) is 10. The van der Waals surface area contributed by atoms with E-state index in [9.17, 15) is 41.3 Å². The van der Waals surface area contributed by atoms with Crippen LogP contribution in [-0.2, 0) is 32.7 Å². The van der Waals surface area contributed by atoms with Crippen LogP contribution in [0.3, 0.4) is 0 Å². The zero-order valence-corrected chi connectivity index (χ0v) is 23.3. The summed E-state index contributed by atoms with van der Waals surface area (Å²) in [4.78, 5) is 26.2. The highest BCUT2D eigenvalue weighted by Crippen LogP contribution is 2.47. The average molecular weight is 630 g/mol. The maximum Gasteiger partial charge on any atom is 0.426 e. The minimum atomic E-state index is -5.24. The van der Waals surface area contributed by atoms with Crippen molar-refractivity contribution in [2.45, 2.75) is 69.8 Å².